The van der Waals surface area contributed by atoms with Crippen LogP contribution in [0.15, 0.2) is 42.6 Å². The SMILES string of the molecule is Nc1c(-c2ccc(F)c(F)c2)nc2ccccn12. The molecule has 0 atom stereocenters. The van der Waals surface area contributed by atoms with E-state index in [9.17, 15) is 8.78 Å². The lowest BCUT2D eigenvalue weighted by Gasteiger charge is -2.00. The van der Waals surface area contributed by atoms with E-state index in [-0.39, 0.29) is 0 Å². The first-order valence-electron chi connectivity index (χ1n) is 5.35. The maximum absolute atomic E-state index is 13.2. The number of imidazole rings is 1. The van der Waals surface area contributed by atoms with Crippen LogP contribution in [0.4, 0.5) is 14.6 Å². The van der Waals surface area contributed by atoms with Crippen molar-refractivity contribution < 1.29 is 8.78 Å². The third-order valence-electron chi connectivity index (χ3n) is 2.76. The lowest BCUT2D eigenvalue weighted by molar-refractivity contribution is 0.509. The number of nitrogens with two attached hydrogens (primary N) is 1. The van der Waals surface area contributed by atoms with Crippen molar-refractivity contribution in [3.05, 3.63) is 54.2 Å². The third kappa shape index (κ3) is 1.52. The summed E-state index contributed by atoms with van der Waals surface area (Å²) < 4.78 is 27.8. The van der Waals surface area contributed by atoms with Crippen molar-refractivity contribution in [3.63, 3.8) is 0 Å². The molecule has 0 aliphatic rings. The van der Waals surface area contributed by atoms with Crippen molar-refractivity contribution in [2.24, 2.45) is 0 Å². The Morgan fingerprint density at radius 1 is 1.06 bits per heavy atom. The molecule has 0 amide bonds. The topological polar surface area (TPSA) is 43.3 Å². The summed E-state index contributed by atoms with van der Waals surface area (Å²) in [5.41, 5.74) is 7.50. The first-order chi connectivity index (χ1) is 8.66. The highest BCUT2D eigenvalue weighted by Crippen LogP contribution is 2.27. The van der Waals surface area contributed by atoms with Gasteiger partial charge in [0, 0.05) is 11.8 Å². The second-order valence-corrected chi connectivity index (χ2v) is 3.90. The number of rotatable bonds is 1. The maximum atomic E-state index is 13.2. The fourth-order valence-electron chi connectivity index (χ4n) is 1.87. The molecule has 0 fully saturated rings. The van der Waals surface area contributed by atoms with E-state index >= 15 is 0 Å². The molecule has 0 saturated carbocycles. The number of nitrogens with zero attached hydrogens (tertiary/aromatic N) is 2. The number of halogens is 2. The number of nitrogen functional groups attached to an aromatic ring is 1. The fourth-order valence-corrected chi connectivity index (χ4v) is 1.87. The van der Waals surface area contributed by atoms with Crippen LogP contribution in [0.25, 0.3) is 16.9 Å². The molecule has 90 valence electrons. The van der Waals surface area contributed by atoms with Gasteiger partial charge in [-0.1, -0.05) is 6.07 Å². The van der Waals surface area contributed by atoms with Crippen LogP contribution in [0, 0.1) is 11.6 Å². The Morgan fingerprint density at radius 2 is 1.89 bits per heavy atom. The van der Waals surface area contributed by atoms with E-state index in [1.165, 1.54) is 6.07 Å². The number of aromatic nitrogens is 2. The summed E-state index contributed by atoms with van der Waals surface area (Å²) in [5.74, 6) is -1.40. The highest BCUT2D eigenvalue weighted by Gasteiger charge is 2.12. The Morgan fingerprint density at radius 3 is 2.61 bits per heavy atom. The molecule has 2 N–H and O–H groups in total. The number of anilines is 1. The summed E-state index contributed by atoms with van der Waals surface area (Å²) in [6.07, 6.45) is 1.76. The molecule has 18 heavy (non-hydrogen) atoms. The molecular formula is C13H9F2N3. The van der Waals surface area contributed by atoms with E-state index in [1.807, 2.05) is 12.1 Å². The van der Waals surface area contributed by atoms with Crippen LogP contribution in [0.5, 0.6) is 0 Å². The molecule has 0 aliphatic carbocycles. The van der Waals surface area contributed by atoms with E-state index in [2.05, 4.69) is 4.98 Å². The average Bonchev–Trinajstić information content (AvgIpc) is 2.71. The summed E-state index contributed by atoms with van der Waals surface area (Å²) in [6, 6.07) is 9.05. The molecule has 2 heterocycles. The molecular weight excluding hydrogens is 236 g/mol. The number of hydrogen-bond donors (Lipinski definition) is 1. The van der Waals surface area contributed by atoms with Gasteiger partial charge in [-0.3, -0.25) is 4.40 Å². The third-order valence-corrected chi connectivity index (χ3v) is 2.76. The fraction of sp³-hybridized carbons (Fsp3) is 0. The van der Waals surface area contributed by atoms with Gasteiger partial charge >= 0.3 is 0 Å². The predicted octanol–water partition coefficient (Wildman–Crippen LogP) is 2.86. The van der Waals surface area contributed by atoms with Crippen molar-refractivity contribution in [2.45, 2.75) is 0 Å². The number of benzene rings is 1. The lowest BCUT2D eigenvalue weighted by atomic mass is 10.1. The van der Waals surface area contributed by atoms with Crippen molar-refractivity contribution >= 4 is 11.5 Å². The molecule has 0 saturated heterocycles. The van der Waals surface area contributed by atoms with E-state index in [0.717, 1.165) is 12.1 Å². The van der Waals surface area contributed by atoms with Crippen LogP contribution < -0.4 is 5.73 Å². The Labute approximate surface area is 101 Å². The van der Waals surface area contributed by atoms with Crippen LogP contribution in [-0.4, -0.2) is 9.38 Å². The molecule has 0 unspecified atom stereocenters. The normalized spacial score (nSPS) is 11.0. The van der Waals surface area contributed by atoms with Gasteiger partial charge in [-0.2, -0.15) is 0 Å². The minimum atomic E-state index is -0.913. The summed E-state index contributed by atoms with van der Waals surface area (Å²) >= 11 is 0. The number of fused-ring (bicyclic) bond motifs is 1. The Kier molecular flexibility index (Phi) is 2.26. The van der Waals surface area contributed by atoms with Gasteiger partial charge in [0.05, 0.1) is 0 Å². The molecule has 0 radical (unpaired) electrons. The molecule has 2 aromatic heterocycles. The van der Waals surface area contributed by atoms with Crippen molar-refractivity contribution in [1.29, 1.82) is 0 Å². The lowest BCUT2D eigenvalue weighted by Crippen LogP contribution is -1.94. The monoisotopic (exact) mass is 245 g/mol. The second kappa shape index (κ2) is 3.80. The highest BCUT2D eigenvalue weighted by atomic mass is 19.2. The standard InChI is InChI=1S/C13H9F2N3/c14-9-5-4-8(7-10(9)15)12-13(16)18-6-2-1-3-11(18)17-12/h1-7H,16H2. The zero-order chi connectivity index (χ0) is 12.7. The van der Waals surface area contributed by atoms with Crippen molar-refractivity contribution in [3.8, 4) is 11.3 Å². The van der Waals surface area contributed by atoms with Gasteiger partial charge in [-0.05, 0) is 30.3 Å². The van der Waals surface area contributed by atoms with Crippen molar-refractivity contribution in [2.75, 3.05) is 5.73 Å². The molecule has 1 aromatic carbocycles. The summed E-state index contributed by atoms with van der Waals surface area (Å²) in [6.45, 7) is 0. The Hall–Kier alpha value is -2.43. The molecule has 0 bridgehead atoms. The predicted molar refractivity (Wildman–Crippen MR) is 65.0 cm³/mol. The van der Waals surface area contributed by atoms with Gasteiger partial charge < -0.3 is 5.73 Å². The van der Waals surface area contributed by atoms with Crippen molar-refractivity contribution in [1.82, 2.24) is 9.38 Å². The zero-order valence-electron chi connectivity index (χ0n) is 9.27. The van der Waals surface area contributed by atoms with Gasteiger partial charge in [0.1, 0.15) is 17.2 Å². The first-order valence-corrected chi connectivity index (χ1v) is 5.35. The molecule has 5 heteroatoms. The molecule has 3 aromatic rings. The average molecular weight is 245 g/mol. The molecule has 0 aliphatic heterocycles. The van der Waals surface area contributed by atoms with E-state index in [1.54, 1.807) is 16.7 Å². The molecule has 3 nitrogen and oxygen atoms in total. The Bertz CT molecular complexity index is 734. The van der Waals surface area contributed by atoms with Gasteiger partial charge in [-0.15, -0.1) is 0 Å². The summed E-state index contributed by atoms with van der Waals surface area (Å²) in [7, 11) is 0. The first kappa shape index (κ1) is 10.7. The van der Waals surface area contributed by atoms with Crippen LogP contribution in [0.1, 0.15) is 0 Å². The van der Waals surface area contributed by atoms with Crippen LogP contribution in [-0.2, 0) is 0 Å². The number of pyridine rings is 1. The minimum Gasteiger partial charge on any atom is -0.383 e. The van der Waals surface area contributed by atoms with E-state index in [4.69, 9.17) is 5.73 Å². The summed E-state index contributed by atoms with van der Waals surface area (Å²) in [5, 5.41) is 0. The largest absolute Gasteiger partial charge is 0.383 e. The molecule has 3 rings (SSSR count). The second-order valence-electron chi connectivity index (χ2n) is 3.90. The van der Waals surface area contributed by atoms with Crippen LogP contribution in [0.3, 0.4) is 0 Å². The quantitative estimate of drug-likeness (QED) is 0.716. The zero-order valence-corrected chi connectivity index (χ0v) is 9.27. The summed E-state index contributed by atoms with van der Waals surface area (Å²) in [4.78, 5) is 4.30. The highest BCUT2D eigenvalue weighted by molar-refractivity contribution is 5.74. The Balaban J connectivity index is 2.25. The molecule has 0 spiro atoms. The van der Waals surface area contributed by atoms with Gasteiger partial charge in [0.2, 0.25) is 0 Å². The maximum Gasteiger partial charge on any atom is 0.159 e. The minimum absolute atomic E-state index is 0.400. The van der Waals surface area contributed by atoms with Crippen LogP contribution >= 0.6 is 0 Å². The van der Waals surface area contributed by atoms with Gasteiger partial charge in [0.25, 0.3) is 0 Å². The van der Waals surface area contributed by atoms with Gasteiger partial charge in [-0.25, -0.2) is 13.8 Å². The smallest absolute Gasteiger partial charge is 0.159 e. The van der Waals surface area contributed by atoms with Gasteiger partial charge in [0.15, 0.2) is 11.6 Å². The van der Waals surface area contributed by atoms with E-state index < -0.39 is 11.6 Å². The van der Waals surface area contributed by atoms with E-state index in [0.29, 0.717) is 22.7 Å². The number of hydrogen-bond acceptors (Lipinski definition) is 2. The van der Waals surface area contributed by atoms with Crippen LogP contribution in [0.2, 0.25) is 0 Å².